The highest BCUT2D eigenvalue weighted by Crippen LogP contribution is 2.61. The van der Waals surface area contributed by atoms with Crippen LogP contribution in [0.3, 0.4) is 0 Å². The zero-order chi connectivity index (χ0) is 31.6. The summed E-state index contributed by atoms with van der Waals surface area (Å²) in [6.45, 7) is 7.21. The van der Waals surface area contributed by atoms with Crippen LogP contribution in [0.1, 0.15) is 100 Å². The molecule has 3 N–H and O–H groups in total. The summed E-state index contributed by atoms with van der Waals surface area (Å²) in [5, 5.41) is 24.2. The summed E-state index contributed by atoms with van der Waals surface area (Å²) < 4.78 is 11.9. The third-order valence-corrected chi connectivity index (χ3v) is 11.0. The minimum absolute atomic E-state index is 0.00838. The highest BCUT2D eigenvalue weighted by Gasteiger charge is 2.56. The Balaban J connectivity index is 1.51. The molecule has 242 valence electrons. The number of aldehydes is 1. The summed E-state index contributed by atoms with van der Waals surface area (Å²) in [4.78, 5) is 41.3. The van der Waals surface area contributed by atoms with Crippen molar-refractivity contribution in [1.82, 2.24) is 10.2 Å². The lowest BCUT2D eigenvalue weighted by Gasteiger charge is -2.61. The van der Waals surface area contributed by atoms with E-state index in [9.17, 15) is 24.6 Å². The van der Waals surface area contributed by atoms with Crippen LogP contribution in [-0.4, -0.2) is 78.3 Å². The molecule has 4 aliphatic carbocycles. The maximum atomic E-state index is 14.1. The number of carbonyl (C=O) groups is 3. The second kappa shape index (κ2) is 13.6. The van der Waals surface area contributed by atoms with Crippen molar-refractivity contribution in [3.8, 4) is 11.5 Å². The predicted octanol–water partition coefficient (Wildman–Crippen LogP) is 4.39. The molecule has 0 spiro atoms. The molecule has 6 rings (SSSR count). The van der Waals surface area contributed by atoms with Crippen LogP contribution < -0.4 is 14.8 Å². The van der Waals surface area contributed by atoms with Gasteiger partial charge >= 0.3 is 0 Å². The van der Waals surface area contributed by atoms with Gasteiger partial charge in [-0.05, 0) is 67.1 Å². The molecule has 5 aliphatic rings. The fourth-order valence-electron chi connectivity index (χ4n) is 8.41. The van der Waals surface area contributed by atoms with Gasteiger partial charge in [-0.2, -0.15) is 0 Å². The Morgan fingerprint density at radius 3 is 2.61 bits per heavy atom. The zero-order valence-corrected chi connectivity index (χ0v) is 26.7. The number of aliphatic hydroxyl groups is 2. The first-order valence-electron chi connectivity index (χ1n) is 16.6. The summed E-state index contributed by atoms with van der Waals surface area (Å²) in [5.74, 6) is 1.22. The van der Waals surface area contributed by atoms with Crippen molar-refractivity contribution >= 4 is 18.1 Å². The molecule has 3 saturated carbocycles. The van der Waals surface area contributed by atoms with Gasteiger partial charge in [0, 0.05) is 36.2 Å². The number of unbranched alkanes of at least 4 members (excludes halogenated alkanes) is 4. The van der Waals surface area contributed by atoms with E-state index in [1.54, 1.807) is 18.2 Å². The highest BCUT2D eigenvalue weighted by atomic mass is 16.5. The SMILES string of the molecule is CCCCCCCC(=O)N(CC1CCC2CC1C2(C)C)C1C=C(C(=O)NCCO)C2c3cc(C=O)cc(OC)c3OC2C1O. The number of benzene rings is 1. The Hall–Kier alpha value is -2.91. The summed E-state index contributed by atoms with van der Waals surface area (Å²) in [7, 11) is 1.48. The van der Waals surface area contributed by atoms with Gasteiger partial charge in [-0.25, -0.2) is 0 Å². The fraction of sp³-hybridized carbons (Fsp3) is 0.686. The number of nitrogens with zero attached hydrogens (tertiary/aromatic N) is 1. The number of carbonyl (C=O) groups excluding carboxylic acids is 3. The van der Waals surface area contributed by atoms with Gasteiger partial charge in [-0.3, -0.25) is 14.4 Å². The van der Waals surface area contributed by atoms with Crippen molar-refractivity contribution in [2.45, 2.75) is 103 Å². The van der Waals surface area contributed by atoms with Gasteiger partial charge in [0.05, 0.1) is 25.7 Å². The Bertz CT molecular complexity index is 1260. The number of hydrogen-bond donors (Lipinski definition) is 3. The maximum absolute atomic E-state index is 14.1. The van der Waals surface area contributed by atoms with Gasteiger partial charge < -0.3 is 29.9 Å². The molecule has 2 amide bonds. The number of nitrogens with one attached hydrogen (secondary N) is 1. The van der Waals surface area contributed by atoms with Gasteiger partial charge in [0.1, 0.15) is 18.5 Å². The largest absolute Gasteiger partial charge is 0.493 e. The lowest BCUT2D eigenvalue weighted by Crippen LogP contribution is -2.59. The van der Waals surface area contributed by atoms with Crippen molar-refractivity contribution in [3.05, 3.63) is 34.9 Å². The first-order chi connectivity index (χ1) is 21.2. The second-order valence-corrected chi connectivity index (χ2v) is 13.8. The second-order valence-electron chi connectivity index (χ2n) is 13.8. The van der Waals surface area contributed by atoms with Crippen molar-refractivity contribution in [2.75, 3.05) is 26.8 Å². The number of rotatable bonds is 14. The van der Waals surface area contributed by atoms with E-state index >= 15 is 0 Å². The minimum Gasteiger partial charge on any atom is -0.493 e. The predicted molar refractivity (Wildman–Crippen MR) is 167 cm³/mol. The third-order valence-electron chi connectivity index (χ3n) is 11.0. The van der Waals surface area contributed by atoms with E-state index in [0.29, 0.717) is 59.3 Å². The van der Waals surface area contributed by atoms with Gasteiger partial charge in [-0.15, -0.1) is 0 Å². The molecule has 9 nitrogen and oxygen atoms in total. The molecule has 0 radical (unpaired) electrons. The molecule has 0 saturated heterocycles. The number of fused-ring (bicyclic) bond motifs is 5. The maximum Gasteiger partial charge on any atom is 0.247 e. The molecule has 0 aromatic heterocycles. The lowest BCUT2D eigenvalue weighted by atomic mass is 9.45. The quantitative estimate of drug-likeness (QED) is 0.211. The molecule has 3 fully saturated rings. The normalized spacial score (nSPS) is 29.3. The van der Waals surface area contributed by atoms with Gasteiger partial charge in [0.25, 0.3) is 0 Å². The van der Waals surface area contributed by atoms with Crippen LogP contribution in [0, 0.1) is 23.2 Å². The van der Waals surface area contributed by atoms with E-state index in [1.807, 2.05) is 4.90 Å². The van der Waals surface area contributed by atoms with Gasteiger partial charge in [0.15, 0.2) is 11.5 Å². The van der Waals surface area contributed by atoms with Crippen molar-refractivity contribution in [3.63, 3.8) is 0 Å². The molecule has 2 bridgehead atoms. The smallest absolute Gasteiger partial charge is 0.247 e. The molecule has 1 aliphatic heterocycles. The number of methoxy groups -OCH3 is 1. The van der Waals surface area contributed by atoms with Crippen LogP contribution in [-0.2, 0) is 9.59 Å². The Labute approximate surface area is 261 Å². The van der Waals surface area contributed by atoms with Crippen LogP contribution in [0.25, 0.3) is 0 Å². The molecular weight excluding hydrogens is 560 g/mol. The first-order valence-corrected chi connectivity index (χ1v) is 16.6. The summed E-state index contributed by atoms with van der Waals surface area (Å²) in [6, 6.07) is 2.49. The van der Waals surface area contributed by atoms with Crippen LogP contribution >= 0.6 is 0 Å². The van der Waals surface area contributed by atoms with Crippen LogP contribution in [0.15, 0.2) is 23.8 Å². The van der Waals surface area contributed by atoms with E-state index in [1.165, 1.54) is 13.5 Å². The zero-order valence-electron chi connectivity index (χ0n) is 26.7. The molecule has 1 heterocycles. The standard InChI is InChI=1S/C35H50N2O7/c1-5-6-7-8-9-10-29(40)37(19-22-11-12-23-17-26(22)35(23,2)3)27-18-25(34(42)36-13-14-38)30-24-15-21(20-39)16-28(43-4)32(24)44-33(30)31(27)41/h15-16,18,20,22-23,26-27,30-31,33,38,41H,5-14,17,19H2,1-4H3,(H,36,42). The summed E-state index contributed by atoms with van der Waals surface area (Å²) in [5.41, 5.74) is 1.55. The molecule has 9 heteroatoms. The Morgan fingerprint density at radius 2 is 1.95 bits per heavy atom. The van der Waals surface area contributed by atoms with Crippen molar-refractivity contribution in [1.29, 1.82) is 0 Å². The summed E-state index contributed by atoms with van der Waals surface area (Å²) >= 11 is 0. The number of amides is 2. The highest BCUT2D eigenvalue weighted by molar-refractivity contribution is 5.96. The van der Waals surface area contributed by atoms with Gasteiger partial charge in [-0.1, -0.05) is 46.5 Å². The topological polar surface area (TPSA) is 125 Å². The molecule has 44 heavy (non-hydrogen) atoms. The van der Waals surface area contributed by atoms with Crippen LogP contribution in [0.2, 0.25) is 0 Å². The third kappa shape index (κ3) is 6.02. The molecular formula is C35H50N2O7. The van der Waals surface area contributed by atoms with E-state index < -0.39 is 30.1 Å². The Morgan fingerprint density at radius 1 is 1.18 bits per heavy atom. The summed E-state index contributed by atoms with van der Waals surface area (Å²) in [6.07, 6.45) is 9.37. The van der Waals surface area contributed by atoms with Crippen molar-refractivity contribution < 1.29 is 34.1 Å². The molecule has 7 atom stereocenters. The van der Waals surface area contributed by atoms with E-state index in [4.69, 9.17) is 9.47 Å². The van der Waals surface area contributed by atoms with E-state index in [0.717, 1.165) is 50.9 Å². The number of ether oxygens (including phenoxy) is 2. The monoisotopic (exact) mass is 610 g/mol. The molecule has 1 aromatic carbocycles. The number of aliphatic hydroxyl groups excluding tert-OH is 2. The van der Waals surface area contributed by atoms with E-state index in [-0.39, 0.29) is 24.5 Å². The molecule has 1 aromatic rings. The first kappa shape index (κ1) is 32.5. The minimum atomic E-state index is -1.11. The van der Waals surface area contributed by atoms with E-state index in [2.05, 4.69) is 26.1 Å². The lowest BCUT2D eigenvalue weighted by molar-refractivity contribution is -0.146. The fourth-order valence-corrected chi connectivity index (χ4v) is 8.41. The average molecular weight is 611 g/mol. The Kier molecular flexibility index (Phi) is 10.0. The van der Waals surface area contributed by atoms with Crippen LogP contribution in [0.4, 0.5) is 0 Å². The van der Waals surface area contributed by atoms with Gasteiger partial charge in [0.2, 0.25) is 11.8 Å². The average Bonchev–Trinajstić information content (AvgIpc) is 3.42. The van der Waals surface area contributed by atoms with Crippen molar-refractivity contribution in [2.24, 2.45) is 23.2 Å². The number of hydrogen-bond acceptors (Lipinski definition) is 7. The molecule has 7 unspecified atom stereocenters. The van der Waals surface area contributed by atoms with Crippen LogP contribution in [0.5, 0.6) is 11.5 Å².